The highest BCUT2D eigenvalue weighted by Crippen LogP contribution is 2.50. The molecule has 0 saturated carbocycles. The number of ether oxygens (including phenoxy) is 3. The molecule has 0 unspecified atom stereocenters. The van der Waals surface area contributed by atoms with Gasteiger partial charge in [0.15, 0.2) is 0 Å². The average molecular weight is 719 g/mol. The molecule has 0 heterocycles. The molecule has 0 saturated heterocycles. The van der Waals surface area contributed by atoms with Crippen LogP contribution in [-0.2, 0) is 12.2 Å². The molecule has 0 bridgehead atoms. The molecule has 10 heteroatoms. The number of alkyl halides is 6. The molecule has 286 valence electrons. The number of benzene rings is 2. The largest absolute Gasteiger partial charge is 0.493 e. The van der Waals surface area contributed by atoms with E-state index in [1.165, 1.54) is 103 Å². The lowest BCUT2D eigenvalue weighted by Gasteiger charge is -2.32. The van der Waals surface area contributed by atoms with E-state index in [-0.39, 0.29) is 12.4 Å². The highest BCUT2D eigenvalue weighted by atomic mass is 19.4. The second-order valence-corrected chi connectivity index (χ2v) is 13.4. The third-order valence-corrected chi connectivity index (χ3v) is 8.97. The first kappa shape index (κ1) is 43.5. The van der Waals surface area contributed by atoms with Gasteiger partial charge in [-0.2, -0.15) is 26.3 Å². The highest BCUT2D eigenvalue weighted by molar-refractivity contribution is 5.39. The van der Waals surface area contributed by atoms with Crippen molar-refractivity contribution in [1.29, 1.82) is 0 Å². The van der Waals surface area contributed by atoms with Crippen LogP contribution in [0.5, 0.6) is 17.2 Å². The predicted octanol–water partition coefficient (Wildman–Crippen LogP) is 13.2. The quantitative estimate of drug-likeness (QED) is 0.0703. The van der Waals surface area contributed by atoms with E-state index >= 15 is 0 Å². The van der Waals surface area contributed by atoms with Gasteiger partial charge < -0.3 is 19.3 Å². The van der Waals surface area contributed by atoms with Gasteiger partial charge in [0.1, 0.15) is 23.9 Å². The Labute approximate surface area is 296 Å². The van der Waals surface area contributed by atoms with Crippen molar-refractivity contribution in [3.05, 3.63) is 53.6 Å². The van der Waals surface area contributed by atoms with E-state index in [1.54, 1.807) is 12.1 Å². The minimum absolute atomic E-state index is 0.0216. The van der Waals surface area contributed by atoms with Crippen LogP contribution in [0.2, 0.25) is 0 Å². The van der Waals surface area contributed by atoms with Gasteiger partial charge in [0.2, 0.25) is 0 Å². The summed E-state index contributed by atoms with van der Waals surface area (Å²) in [6.45, 7) is 5.51. The standard InChI is InChI=1S/C40H60F6O4/c1-3-5-7-9-11-13-15-17-19-21-27-48-36-29-33(30-37(31-36)49-28-22-20-18-16-14-12-10-8-6-4-2)32-50-35-25-23-34(24-26-35)38(47,39(41,42)43)40(44,45)46/h23-26,29-31,47H,3-22,27-28,32H2,1-2H3. The minimum Gasteiger partial charge on any atom is -0.493 e. The van der Waals surface area contributed by atoms with Crippen LogP contribution < -0.4 is 14.2 Å². The molecular formula is C40H60F6O4. The van der Waals surface area contributed by atoms with Crippen molar-refractivity contribution in [3.63, 3.8) is 0 Å². The lowest BCUT2D eigenvalue weighted by Crippen LogP contribution is -2.53. The van der Waals surface area contributed by atoms with Crippen molar-refractivity contribution in [1.82, 2.24) is 0 Å². The Hall–Kier alpha value is -2.62. The number of aliphatic hydroxyl groups is 1. The Morgan fingerprint density at radius 1 is 0.460 bits per heavy atom. The van der Waals surface area contributed by atoms with E-state index in [4.69, 9.17) is 14.2 Å². The normalized spacial score (nSPS) is 12.3. The van der Waals surface area contributed by atoms with Gasteiger partial charge >= 0.3 is 12.4 Å². The number of hydrogen-bond donors (Lipinski definition) is 1. The summed E-state index contributed by atoms with van der Waals surface area (Å²) in [6.07, 6.45) is 12.4. The van der Waals surface area contributed by atoms with Crippen molar-refractivity contribution in [2.45, 2.75) is 167 Å². The maximum Gasteiger partial charge on any atom is 0.430 e. The van der Waals surface area contributed by atoms with E-state index in [0.717, 1.165) is 37.8 Å². The van der Waals surface area contributed by atoms with Crippen molar-refractivity contribution in [3.8, 4) is 17.2 Å². The van der Waals surface area contributed by atoms with E-state index in [9.17, 15) is 31.4 Å². The first-order valence-electron chi connectivity index (χ1n) is 18.9. The van der Waals surface area contributed by atoms with E-state index in [1.807, 2.05) is 6.07 Å². The maximum absolute atomic E-state index is 13.3. The van der Waals surface area contributed by atoms with Crippen LogP contribution in [0.4, 0.5) is 26.3 Å². The molecule has 0 amide bonds. The Morgan fingerprint density at radius 3 is 1.18 bits per heavy atom. The molecule has 0 radical (unpaired) electrons. The second kappa shape index (κ2) is 23.8. The Kier molecular flexibility index (Phi) is 20.7. The summed E-state index contributed by atoms with van der Waals surface area (Å²) in [5, 5.41) is 9.65. The first-order chi connectivity index (χ1) is 23.9. The van der Waals surface area contributed by atoms with Gasteiger partial charge in [0.25, 0.3) is 5.60 Å². The van der Waals surface area contributed by atoms with E-state index < -0.39 is 23.5 Å². The summed E-state index contributed by atoms with van der Waals surface area (Å²) < 4.78 is 97.4. The number of unbranched alkanes of at least 4 members (excludes halogenated alkanes) is 18. The maximum atomic E-state index is 13.3. The third-order valence-electron chi connectivity index (χ3n) is 8.97. The molecule has 0 fully saturated rings. The lowest BCUT2D eigenvalue weighted by molar-refractivity contribution is -0.376. The topological polar surface area (TPSA) is 47.9 Å². The molecule has 2 aromatic carbocycles. The van der Waals surface area contributed by atoms with Crippen LogP contribution in [-0.4, -0.2) is 30.7 Å². The van der Waals surface area contributed by atoms with Crippen LogP contribution in [0.15, 0.2) is 42.5 Å². The molecule has 2 aromatic rings. The average Bonchev–Trinajstić information content (AvgIpc) is 3.07. The SMILES string of the molecule is CCCCCCCCCCCCOc1cc(COc2ccc(C(O)(C(F)(F)F)C(F)(F)F)cc2)cc(OCCCCCCCCCCCC)c1. The van der Waals surface area contributed by atoms with Gasteiger partial charge in [0.05, 0.1) is 13.2 Å². The molecule has 50 heavy (non-hydrogen) atoms. The van der Waals surface area contributed by atoms with Gasteiger partial charge in [-0.3, -0.25) is 0 Å². The summed E-state index contributed by atoms with van der Waals surface area (Å²) in [7, 11) is 0. The smallest absolute Gasteiger partial charge is 0.430 e. The predicted molar refractivity (Wildman–Crippen MR) is 188 cm³/mol. The molecule has 1 N–H and O–H groups in total. The number of halogens is 6. The van der Waals surface area contributed by atoms with Gasteiger partial charge in [-0.05, 0) is 42.7 Å². The van der Waals surface area contributed by atoms with Gasteiger partial charge in [-0.1, -0.05) is 142 Å². The molecule has 0 atom stereocenters. The molecular weight excluding hydrogens is 658 g/mol. The van der Waals surface area contributed by atoms with Gasteiger partial charge in [-0.25, -0.2) is 0 Å². The van der Waals surface area contributed by atoms with Crippen molar-refractivity contribution >= 4 is 0 Å². The molecule has 0 aromatic heterocycles. The van der Waals surface area contributed by atoms with Crippen molar-refractivity contribution in [2.75, 3.05) is 13.2 Å². The summed E-state index contributed by atoms with van der Waals surface area (Å²) in [6, 6.07) is 8.53. The van der Waals surface area contributed by atoms with Gasteiger partial charge in [-0.15, -0.1) is 0 Å². The van der Waals surface area contributed by atoms with Crippen LogP contribution in [0, 0.1) is 0 Å². The summed E-state index contributed by atoms with van der Waals surface area (Å²) in [5.41, 5.74) is -5.65. The van der Waals surface area contributed by atoms with Crippen molar-refractivity contribution in [2.24, 2.45) is 0 Å². The van der Waals surface area contributed by atoms with Crippen LogP contribution in [0.1, 0.15) is 153 Å². The Balaban J connectivity index is 1.93. The fourth-order valence-electron chi connectivity index (χ4n) is 5.89. The zero-order valence-corrected chi connectivity index (χ0v) is 30.2. The molecule has 0 aliphatic heterocycles. The molecule has 0 aliphatic carbocycles. The molecule has 4 nitrogen and oxygen atoms in total. The zero-order valence-electron chi connectivity index (χ0n) is 30.2. The number of rotatable bonds is 28. The molecule has 0 aliphatic rings. The van der Waals surface area contributed by atoms with Crippen LogP contribution in [0.3, 0.4) is 0 Å². The molecule has 0 spiro atoms. The summed E-state index contributed by atoms with van der Waals surface area (Å²) >= 11 is 0. The van der Waals surface area contributed by atoms with E-state index in [0.29, 0.717) is 42.4 Å². The Morgan fingerprint density at radius 2 is 0.820 bits per heavy atom. The minimum atomic E-state index is -5.95. The Bertz CT molecular complexity index is 1090. The monoisotopic (exact) mass is 718 g/mol. The van der Waals surface area contributed by atoms with Crippen molar-refractivity contribution < 1.29 is 45.7 Å². The fraction of sp³-hybridized carbons (Fsp3) is 0.700. The summed E-state index contributed by atoms with van der Waals surface area (Å²) in [5.74, 6) is 1.26. The second-order valence-electron chi connectivity index (χ2n) is 13.4. The lowest BCUT2D eigenvalue weighted by atomic mass is 9.92. The van der Waals surface area contributed by atoms with Gasteiger partial charge in [0, 0.05) is 11.6 Å². The fourth-order valence-corrected chi connectivity index (χ4v) is 5.89. The number of hydrogen-bond acceptors (Lipinski definition) is 4. The third kappa shape index (κ3) is 16.2. The highest BCUT2D eigenvalue weighted by Gasteiger charge is 2.71. The summed E-state index contributed by atoms with van der Waals surface area (Å²) in [4.78, 5) is 0. The first-order valence-corrected chi connectivity index (χ1v) is 18.9. The van der Waals surface area contributed by atoms with Crippen LogP contribution in [0.25, 0.3) is 0 Å². The van der Waals surface area contributed by atoms with Crippen LogP contribution >= 0.6 is 0 Å². The molecule has 2 rings (SSSR count). The zero-order chi connectivity index (χ0) is 36.7. The van der Waals surface area contributed by atoms with E-state index in [2.05, 4.69) is 13.8 Å².